The van der Waals surface area contributed by atoms with Gasteiger partial charge in [0.1, 0.15) is 0 Å². The molecule has 0 unspecified atom stereocenters. The van der Waals surface area contributed by atoms with Gasteiger partial charge in [-0.05, 0) is 307 Å². The Balaban J connectivity index is 0.000000110. The van der Waals surface area contributed by atoms with Crippen LogP contribution < -0.4 is 19.6 Å². The molecule has 4 aliphatic rings. The number of fused-ring (bicyclic) bond motifs is 12. The summed E-state index contributed by atoms with van der Waals surface area (Å²) >= 11 is 0. The van der Waals surface area contributed by atoms with E-state index in [2.05, 4.69) is 633 Å². The summed E-state index contributed by atoms with van der Waals surface area (Å²) in [7, 11) is 0. The molecular weight excluding hydrogens is 1790 g/mol. The maximum Gasteiger partial charge on any atom is 0.0473 e. The highest BCUT2D eigenvalue weighted by molar-refractivity contribution is 5.94. The first-order valence-electron chi connectivity index (χ1n) is 51.7. The van der Waals surface area contributed by atoms with Crippen LogP contribution in [-0.2, 0) is 21.7 Å². The van der Waals surface area contributed by atoms with Crippen LogP contribution in [0.15, 0.2) is 558 Å². The Morgan fingerprint density at radius 2 is 0.270 bits per heavy atom. The summed E-state index contributed by atoms with van der Waals surface area (Å²) in [6, 6.07) is 201. The van der Waals surface area contributed by atoms with Crippen LogP contribution in [0, 0.1) is 0 Å². The lowest BCUT2D eigenvalue weighted by Crippen LogP contribution is -2.16. The van der Waals surface area contributed by atoms with Gasteiger partial charge < -0.3 is 19.6 Å². The van der Waals surface area contributed by atoms with Crippen molar-refractivity contribution >= 4 is 68.2 Å². The molecule has 0 N–H and O–H groups in total. The molecule has 26 rings (SSSR count). The molecule has 4 nitrogen and oxygen atoms in total. The number of hydrogen-bond acceptors (Lipinski definition) is 4. The van der Waals surface area contributed by atoms with Crippen LogP contribution in [0.1, 0.15) is 99.9 Å². The third kappa shape index (κ3) is 18.1. The van der Waals surface area contributed by atoms with Gasteiger partial charge in [0.2, 0.25) is 0 Å². The molecule has 22 aromatic rings. The molecule has 22 aromatic carbocycles. The fraction of sp³-hybridized carbons (Fsp3) is 0.0833. The average Bonchev–Trinajstić information content (AvgIpc) is 1.59. The summed E-state index contributed by atoms with van der Waals surface area (Å²) in [6.45, 7) is 18.7. The normalized spacial score (nSPS) is 13.1. The van der Waals surface area contributed by atoms with Crippen molar-refractivity contribution in [3.05, 3.63) is 603 Å². The molecule has 0 fully saturated rings. The van der Waals surface area contributed by atoms with E-state index >= 15 is 0 Å². The van der Waals surface area contributed by atoms with Gasteiger partial charge in [0.15, 0.2) is 0 Å². The van der Waals surface area contributed by atoms with Crippen LogP contribution >= 0.6 is 0 Å². The SMILES string of the molecule is CC1(C)c2ccccc2-c2cc(N(c3ccc(-c4ccccc4)cc3)c3ccc(-c4ccccc4)cc3)ccc21.CC1(C)c2ccccc2-c2cc(N(c3ccccc3)c3ccc(-c4ccccc4)cc3)ccc21.CC1(C)c2ccccc2-c2cc(N(c3ccccc3)c3ccccc3)ccc21.CC1(C)c2ccccc2-c2ccc(N(c3ccc(-c4ccccc4)cc3)c3cc(-c4ccccc4)cc(-c4ccccc4)c3)cc21. The molecule has 0 atom stereocenters. The van der Waals surface area contributed by atoms with Gasteiger partial charge in [-0.25, -0.2) is 0 Å². The minimum Gasteiger partial charge on any atom is -0.310 e. The van der Waals surface area contributed by atoms with E-state index in [1.54, 1.807) is 0 Å². The quantitative estimate of drug-likeness (QED) is 0.0849. The average molecular weight is 1900 g/mol. The number of rotatable bonds is 18. The Labute approximate surface area is 872 Å². The minimum atomic E-state index is -0.0914. The van der Waals surface area contributed by atoms with Crippen molar-refractivity contribution in [2.75, 3.05) is 19.6 Å². The van der Waals surface area contributed by atoms with E-state index in [-0.39, 0.29) is 21.7 Å². The standard InChI is InChI=1S/C45H35N.C39H31N.C33H27N.C27H23N/c1-45(2)43-21-13-12-20-41(43)42-27-26-39(31-44(42)45)46(38-24-22-35(23-25-38)32-14-6-3-7-15-32)40-29-36(33-16-8-4-9-17-33)28-37(30-40)34-18-10-5-11-19-34;1-39(2)37-16-10-9-15-35(37)36-27-34(25-26-38(36)39)40(32-21-17-30(18-22-32)28-11-5-3-6-12-28)33-23-19-31(20-24-33)29-13-7-4-8-14-29;1-33(2)31-16-10-9-15-29(31)30-23-28(21-22-32(30)33)34(26-13-7-4-8-14-26)27-19-17-25(18-20-27)24-11-5-3-6-12-24;1-27(2)25-16-10-9-15-23(25)24-19-22(17-18-26(24)27)28(20-11-5-3-6-12-20)21-13-7-4-8-14-21/h3-31H,1-2H3;3-27H,1-2H3;3-23H,1-2H3;3-19H,1-2H3. The smallest absolute Gasteiger partial charge is 0.0473 e. The molecule has 0 spiro atoms. The summed E-state index contributed by atoms with van der Waals surface area (Å²) in [6.07, 6.45) is 0. The lowest BCUT2D eigenvalue weighted by atomic mass is 9.82. The second kappa shape index (κ2) is 40.0. The van der Waals surface area contributed by atoms with Gasteiger partial charge in [-0.15, -0.1) is 0 Å². The third-order valence-electron chi connectivity index (χ3n) is 30.7. The maximum absolute atomic E-state index is 2.42. The van der Waals surface area contributed by atoms with E-state index in [1.807, 2.05) is 0 Å². The summed E-state index contributed by atoms with van der Waals surface area (Å²) in [5.41, 5.74) is 50.2. The van der Waals surface area contributed by atoms with Crippen LogP contribution in [0.25, 0.3) is 111 Å². The summed E-state index contributed by atoms with van der Waals surface area (Å²) in [5, 5.41) is 0. The maximum atomic E-state index is 2.42. The third-order valence-corrected chi connectivity index (χ3v) is 30.7. The fourth-order valence-corrected chi connectivity index (χ4v) is 23.0. The van der Waals surface area contributed by atoms with Crippen molar-refractivity contribution in [3.8, 4) is 111 Å². The Morgan fingerprint density at radius 3 is 0.534 bits per heavy atom. The highest BCUT2D eigenvalue weighted by Gasteiger charge is 2.41. The molecule has 0 bridgehead atoms. The van der Waals surface area contributed by atoms with Gasteiger partial charge in [-0.3, -0.25) is 0 Å². The molecule has 0 saturated heterocycles. The number of para-hydroxylation sites is 3. The number of nitrogens with zero attached hydrogens (tertiary/aromatic N) is 4. The Hall–Kier alpha value is -18.0. The Bertz CT molecular complexity index is 8300. The highest BCUT2D eigenvalue weighted by Crippen LogP contribution is 2.57. The summed E-state index contributed by atoms with van der Waals surface area (Å²) in [5.74, 6) is 0. The topological polar surface area (TPSA) is 13.0 Å². The van der Waals surface area contributed by atoms with Crippen molar-refractivity contribution in [2.45, 2.75) is 77.0 Å². The number of hydrogen-bond donors (Lipinski definition) is 0. The Kier molecular flexibility index (Phi) is 25.3. The number of benzene rings is 22. The van der Waals surface area contributed by atoms with Gasteiger partial charge in [0.05, 0.1) is 0 Å². The minimum absolute atomic E-state index is 0.00997. The summed E-state index contributed by atoms with van der Waals surface area (Å²) in [4.78, 5) is 9.47. The van der Waals surface area contributed by atoms with Gasteiger partial charge in [-0.2, -0.15) is 0 Å². The van der Waals surface area contributed by atoms with E-state index < -0.39 is 0 Å². The summed E-state index contributed by atoms with van der Waals surface area (Å²) < 4.78 is 0. The molecule has 0 aliphatic heterocycles. The van der Waals surface area contributed by atoms with Crippen molar-refractivity contribution < 1.29 is 0 Å². The van der Waals surface area contributed by atoms with Crippen LogP contribution in [-0.4, -0.2) is 0 Å². The zero-order chi connectivity index (χ0) is 100. The van der Waals surface area contributed by atoms with Gasteiger partial charge in [-0.1, -0.05) is 462 Å². The predicted octanol–water partition coefficient (Wildman–Crippen LogP) is 39.9. The van der Waals surface area contributed by atoms with Gasteiger partial charge in [0, 0.05) is 89.9 Å². The van der Waals surface area contributed by atoms with Crippen molar-refractivity contribution in [1.82, 2.24) is 0 Å². The molecule has 0 radical (unpaired) electrons. The molecule has 0 saturated carbocycles. The van der Waals surface area contributed by atoms with Crippen LogP contribution in [0.4, 0.5) is 68.2 Å². The first-order chi connectivity index (χ1) is 72.4. The van der Waals surface area contributed by atoms with E-state index in [0.717, 1.165) is 45.5 Å². The van der Waals surface area contributed by atoms with E-state index in [1.165, 1.54) is 179 Å². The van der Waals surface area contributed by atoms with Crippen LogP contribution in [0.5, 0.6) is 0 Å². The molecule has 712 valence electrons. The molecule has 4 aliphatic carbocycles. The molecule has 0 aromatic heterocycles. The first kappa shape index (κ1) is 93.7. The van der Waals surface area contributed by atoms with Crippen molar-refractivity contribution in [1.29, 1.82) is 0 Å². The number of anilines is 12. The molecule has 148 heavy (non-hydrogen) atoms. The van der Waals surface area contributed by atoms with E-state index in [0.29, 0.717) is 0 Å². The van der Waals surface area contributed by atoms with Crippen LogP contribution in [0.2, 0.25) is 0 Å². The fourth-order valence-electron chi connectivity index (χ4n) is 23.0. The second-order valence-corrected chi connectivity index (χ2v) is 41.1. The molecule has 0 heterocycles. The van der Waals surface area contributed by atoms with Crippen molar-refractivity contribution in [3.63, 3.8) is 0 Å². The van der Waals surface area contributed by atoms with E-state index in [9.17, 15) is 0 Å². The second-order valence-electron chi connectivity index (χ2n) is 41.1. The highest BCUT2D eigenvalue weighted by atomic mass is 15.2. The first-order valence-corrected chi connectivity index (χ1v) is 51.7. The largest absolute Gasteiger partial charge is 0.310 e. The Morgan fingerprint density at radius 1 is 0.101 bits per heavy atom. The zero-order valence-electron chi connectivity index (χ0n) is 84.9. The lowest BCUT2D eigenvalue weighted by molar-refractivity contribution is 0.660. The van der Waals surface area contributed by atoms with Crippen molar-refractivity contribution in [2.24, 2.45) is 0 Å². The zero-order valence-corrected chi connectivity index (χ0v) is 84.9. The lowest BCUT2D eigenvalue weighted by Gasteiger charge is -2.29. The van der Waals surface area contributed by atoms with Gasteiger partial charge in [0.25, 0.3) is 0 Å². The van der Waals surface area contributed by atoms with Crippen LogP contribution in [0.3, 0.4) is 0 Å². The molecular formula is C144H116N4. The predicted molar refractivity (Wildman–Crippen MR) is 627 cm³/mol. The molecule has 4 heteroatoms. The van der Waals surface area contributed by atoms with Gasteiger partial charge >= 0.3 is 0 Å². The monoisotopic (exact) mass is 1900 g/mol. The van der Waals surface area contributed by atoms with E-state index in [4.69, 9.17) is 0 Å². The molecule has 0 amide bonds.